The minimum atomic E-state index is 0.722. The van der Waals surface area contributed by atoms with Crippen LogP contribution in [0.5, 0.6) is 0 Å². The maximum Gasteiger partial charge on any atom is 0.118 e. The summed E-state index contributed by atoms with van der Waals surface area (Å²) in [6.07, 6.45) is 2.51. The molecule has 1 aliphatic rings. The first-order chi connectivity index (χ1) is 7.78. The summed E-state index contributed by atoms with van der Waals surface area (Å²) in [6, 6.07) is 4.85. The van der Waals surface area contributed by atoms with Gasteiger partial charge in [0.15, 0.2) is 0 Å². The number of hydrogen-bond acceptors (Lipinski definition) is 3. The Hall–Kier alpha value is -0.800. The van der Waals surface area contributed by atoms with Crippen LogP contribution < -0.4 is 5.32 Å². The molecule has 16 heavy (non-hydrogen) atoms. The van der Waals surface area contributed by atoms with Gasteiger partial charge in [0.25, 0.3) is 0 Å². The van der Waals surface area contributed by atoms with Crippen LogP contribution in [0.15, 0.2) is 16.5 Å². The predicted molar refractivity (Wildman–Crippen MR) is 65.4 cm³/mol. The van der Waals surface area contributed by atoms with E-state index in [1.165, 1.54) is 25.9 Å². The normalized spacial score (nSPS) is 19.1. The summed E-state index contributed by atoms with van der Waals surface area (Å²) in [5.41, 5.74) is 0. The fourth-order valence-electron chi connectivity index (χ4n) is 2.37. The predicted octanol–water partition coefficient (Wildman–Crippen LogP) is 2.16. The molecule has 0 unspecified atom stereocenters. The smallest absolute Gasteiger partial charge is 0.118 e. The highest BCUT2D eigenvalue weighted by atomic mass is 16.3. The van der Waals surface area contributed by atoms with Gasteiger partial charge < -0.3 is 9.73 Å². The average molecular weight is 222 g/mol. The van der Waals surface area contributed by atoms with Crippen LogP contribution in [0.25, 0.3) is 0 Å². The quantitative estimate of drug-likeness (QED) is 0.846. The van der Waals surface area contributed by atoms with Crippen molar-refractivity contribution in [1.29, 1.82) is 0 Å². The Labute approximate surface area is 97.8 Å². The molecule has 0 amide bonds. The van der Waals surface area contributed by atoms with E-state index in [1.807, 2.05) is 13.0 Å². The van der Waals surface area contributed by atoms with Gasteiger partial charge in [-0.25, -0.2) is 0 Å². The second-order valence-corrected chi connectivity index (χ2v) is 4.62. The first-order valence-electron chi connectivity index (χ1n) is 6.29. The highest BCUT2D eigenvalue weighted by Crippen LogP contribution is 2.15. The maximum atomic E-state index is 5.60. The van der Waals surface area contributed by atoms with E-state index < -0.39 is 0 Å². The summed E-state index contributed by atoms with van der Waals surface area (Å²) in [4.78, 5) is 2.48. The van der Waals surface area contributed by atoms with Crippen molar-refractivity contribution < 1.29 is 4.42 Å². The van der Waals surface area contributed by atoms with Crippen LogP contribution in [-0.2, 0) is 6.54 Å². The molecule has 2 rings (SSSR count). The van der Waals surface area contributed by atoms with Gasteiger partial charge in [0, 0.05) is 19.1 Å². The molecule has 0 atom stereocenters. The van der Waals surface area contributed by atoms with Crippen molar-refractivity contribution in [3.05, 3.63) is 23.7 Å². The molecule has 1 N–H and O–H groups in total. The topological polar surface area (TPSA) is 28.4 Å². The lowest BCUT2D eigenvalue weighted by Gasteiger charge is -2.31. The molecule has 0 saturated carbocycles. The Morgan fingerprint density at radius 1 is 1.38 bits per heavy atom. The molecule has 1 fully saturated rings. The number of hydrogen-bond donors (Lipinski definition) is 1. The lowest BCUT2D eigenvalue weighted by atomic mass is 10.1. The fraction of sp³-hybridized carbons (Fsp3) is 0.692. The SMILES string of the molecule is CCNC1CCN(Cc2ccc(C)o2)CC1. The van der Waals surface area contributed by atoms with E-state index in [0.717, 1.165) is 30.7 Å². The van der Waals surface area contributed by atoms with Gasteiger partial charge in [-0.05, 0) is 38.4 Å². The number of likely N-dealkylation sites (tertiary alicyclic amines) is 1. The minimum absolute atomic E-state index is 0.722. The standard InChI is InChI=1S/C13H22N2O/c1-3-14-12-6-8-15(9-7-12)10-13-5-4-11(2)16-13/h4-5,12,14H,3,6-10H2,1-2H3. The number of piperidine rings is 1. The summed E-state index contributed by atoms with van der Waals surface area (Å²) < 4.78 is 5.60. The summed E-state index contributed by atoms with van der Waals surface area (Å²) >= 11 is 0. The summed E-state index contributed by atoms with van der Waals surface area (Å²) in [5.74, 6) is 2.11. The number of furan rings is 1. The number of aryl methyl sites for hydroxylation is 1. The zero-order chi connectivity index (χ0) is 11.4. The summed E-state index contributed by atoms with van der Waals surface area (Å²) in [6.45, 7) is 8.59. The second-order valence-electron chi connectivity index (χ2n) is 4.62. The van der Waals surface area contributed by atoms with E-state index in [9.17, 15) is 0 Å². The Kier molecular flexibility index (Phi) is 4.02. The van der Waals surface area contributed by atoms with Crippen molar-refractivity contribution in [1.82, 2.24) is 10.2 Å². The molecule has 0 bridgehead atoms. The van der Waals surface area contributed by atoms with E-state index in [-0.39, 0.29) is 0 Å². The average Bonchev–Trinajstić information content (AvgIpc) is 2.67. The first-order valence-corrected chi connectivity index (χ1v) is 6.29. The molecule has 0 aliphatic carbocycles. The van der Waals surface area contributed by atoms with Gasteiger partial charge in [-0.2, -0.15) is 0 Å². The van der Waals surface area contributed by atoms with Crippen molar-refractivity contribution >= 4 is 0 Å². The van der Waals surface area contributed by atoms with Crippen LogP contribution in [0.2, 0.25) is 0 Å². The monoisotopic (exact) mass is 222 g/mol. The van der Waals surface area contributed by atoms with Crippen molar-refractivity contribution in [2.24, 2.45) is 0 Å². The van der Waals surface area contributed by atoms with Crippen LogP contribution in [0, 0.1) is 6.92 Å². The zero-order valence-corrected chi connectivity index (χ0v) is 10.3. The van der Waals surface area contributed by atoms with Gasteiger partial charge in [-0.1, -0.05) is 6.92 Å². The maximum absolute atomic E-state index is 5.60. The van der Waals surface area contributed by atoms with Gasteiger partial charge in [0.1, 0.15) is 11.5 Å². The summed E-state index contributed by atoms with van der Waals surface area (Å²) in [7, 11) is 0. The second kappa shape index (κ2) is 5.51. The molecule has 1 aromatic heterocycles. The molecule has 0 aromatic carbocycles. The molecule has 3 nitrogen and oxygen atoms in total. The third-order valence-corrected chi connectivity index (χ3v) is 3.26. The molecule has 3 heteroatoms. The van der Waals surface area contributed by atoms with E-state index in [0.29, 0.717) is 0 Å². The summed E-state index contributed by atoms with van der Waals surface area (Å²) in [5, 5.41) is 3.52. The van der Waals surface area contributed by atoms with E-state index in [1.54, 1.807) is 0 Å². The third-order valence-electron chi connectivity index (χ3n) is 3.26. The van der Waals surface area contributed by atoms with Crippen LogP contribution in [0.3, 0.4) is 0 Å². The Balaban J connectivity index is 1.77. The molecule has 0 spiro atoms. The van der Waals surface area contributed by atoms with Crippen molar-refractivity contribution in [2.75, 3.05) is 19.6 Å². The zero-order valence-electron chi connectivity index (χ0n) is 10.3. The van der Waals surface area contributed by atoms with Crippen LogP contribution in [-0.4, -0.2) is 30.6 Å². The van der Waals surface area contributed by atoms with Gasteiger partial charge >= 0.3 is 0 Å². The van der Waals surface area contributed by atoms with Gasteiger partial charge in [0.05, 0.1) is 6.54 Å². The van der Waals surface area contributed by atoms with E-state index in [2.05, 4.69) is 23.2 Å². The molecular weight excluding hydrogens is 200 g/mol. The highest BCUT2D eigenvalue weighted by molar-refractivity contribution is 5.05. The molecule has 2 heterocycles. The van der Waals surface area contributed by atoms with Crippen molar-refractivity contribution in [2.45, 2.75) is 39.3 Å². The molecule has 1 saturated heterocycles. The van der Waals surface area contributed by atoms with Crippen LogP contribution >= 0.6 is 0 Å². The Bertz CT molecular complexity index is 313. The van der Waals surface area contributed by atoms with Gasteiger partial charge in [-0.3, -0.25) is 4.90 Å². The molecule has 90 valence electrons. The van der Waals surface area contributed by atoms with E-state index in [4.69, 9.17) is 4.42 Å². The lowest BCUT2D eigenvalue weighted by Crippen LogP contribution is -2.41. The number of rotatable bonds is 4. The number of nitrogens with zero attached hydrogens (tertiary/aromatic N) is 1. The first kappa shape index (κ1) is 11.7. The minimum Gasteiger partial charge on any atom is -0.465 e. The molecule has 0 radical (unpaired) electrons. The number of nitrogens with one attached hydrogen (secondary N) is 1. The van der Waals surface area contributed by atoms with Gasteiger partial charge in [-0.15, -0.1) is 0 Å². The Morgan fingerprint density at radius 2 is 2.12 bits per heavy atom. The highest BCUT2D eigenvalue weighted by Gasteiger charge is 2.18. The Morgan fingerprint density at radius 3 is 2.69 bits per heavy atom. The van der Waals surface area contributed by atoms with Crippen molar-refractivity contribution in [3.63, 3.8) is 0 Å². The fourth-order valence-corrected chi connectivity index (χ4v) is 2.37. The van der Waals surface area contributed by atoms with Gasteiger partial charge in [0.2, 0.25) is 0 Å². The third kappa shape index (κ3) is 3.09. The molecular formula is C13H22N2O. The lowest BCUT2D eigenvalue weighted by molar-refractivity contribution is 0.179. The molecule has 1 aliphatic heterocycles. The van der Waals surface area contributed by atoms with Crippen molar-refractivity contribution in [3.8, 4) is 0 Å². The largest absolute Gasteiger partial charge is 0.465 e. The van der Waals surface area contributed by atoms with E-state index >= 15 is 0 Å². The van der Waals surface area contributed by atoms with Crippen LogP contribution in [0.4, 0.5) is 0 Å². The molecule has 1 aromatic rings. The van der Waals surface area contributed by atoms with Crippen LogP contribution in [0.1, 0.15) is 31.3 Å².